The van der Waals surface area contributed by atoms with Gasteiger partial charge in [-0.3, -0.25) is 4.79 Å². The molecule has 0 saturated heterocycles. The highest BCUT2D eigenvalue weighted by atomic mass is 19.1. The van der Waals surface area contributed by atoms with Crippen LogP contribution in [0.4, 0.5) is 15.9 Å². The predicted molar refractivity (Wildman–Crippen MR) is 71.1 cm³/mol. The van der Waals surface area contributed by atoms with Gasteiger partial charge in [0, 0.05) is 17.4 Å². The number of carbonyl (C=O) groups is 1. The number of nitrogen functional groups attached to an aromatic ring is 1. The number of halogens is 1. The molecule has 0 unspecified atom stereocenters. The Morgan fingerprint density at radius 1 is 1.32 bits per heavy atom. The highest BCUT2D eigenvalue weighted by Crippen LogP contribution is 2.17. The van der Waals surface area contributed by atoms with Crippen LogP contribution in [0, 0.1) is 12.7 Å². The van der Waals surface area contributed by atoms with Crippen molar-refractivity contribution in [1.29, 1.82) is 0 Å². The fourth-order valence-electron chi connectivity index (χ4n) is 1.61. The lowest BCUT2D eigenvalue weighted by Gasteiger charge is -2.09. The monoisotopic (exact) mass is 260 g/mol. The van der Waals surface area contributed by atoms with Crippen molar-refractivity contribution in [2.24, 2.45) is 5.84 Å². The Labute approximate surface area is 109 Å². The molecule has 1 aromatic carbocycles. The maximum Gasteiger partial charge on any atom is 0.255 e. The Kier molecular flexibility index (Phi) is 3.72. The summed E-state index contributed by atoms with van der Waals surface area (Å²) in [5.41, 5.74) is 3.99. The Balaban J connectivity index is 2.20. The third-order valence-corrected chi connectivity index (χ3v) is 2.61. The van der Waals surface area contributed by atoms with Crippen LogP contribution >= 0.6 is 0 Å². The predicted octanol–water partition coefficient (Wildman–Crippen LogP) is 2.07. The highest BCUT2D eigenvalue weighted by molar-refractivity contribution is 6.04. The van der Waals surface area contributed by atoms with Crippen LogP contribution in [0.25, 0.3) is 0 Å². The van der Waals surface area contributed by atoms with Crippen LogP contribution in [-0.4, -0.2) is 10.9 Å². The summed E-state index contributed by atoms with van der Waals surface area (Å²) in [5, 5.41) is 2.70. The molecule has 1 aromatic heterocycles. The van der Waals surface area contributed by atoms with E-state index in [9.17, 15) is 9.18 Å². The van der Waals surface area contributed by atoms with Crippen molar-refractivity contribution in [3.63, 3.8) is 0 Å². The summed E-state index contributed by atoms with van der Waals surface area (Å²) >= 11 is 0. The summed E-state index contributed by atoms with van der Waals surface area (Å²) in [6.07, 6.45) is 1.47. The van der Waals surface area contributed by atoms with E-state index in [1.807, 2.05) is 0 Å². The first-order valence-electron chi connectivity index (χ1n) is 5.60. The summed E-state index contributed by atoms with van der Waals surface area (Å²) in [7, 11) is 0. The molecule has 2 aromatic rings. The second-order valence-electron chi connectivity index (χ2n) is 3.99. The van der Waals surface area contributed by atoms with Crippen LogP contribution in [0.15, 0.2) is 36.5 Å². The molecular formula is C13H13FN4O. The molecule has 19 heavy (non-hydrogen) atoms. The number of carbonyl (C=O) groups excluding carboxylic acids is 1. The number of nitrogens with one attached hydrogen (secondary N) is 2. The van der Waals surface area contributed by atoms with Crippen LogP contribution in [0.2, 0.25) is 0 Å². The third-order valence-electron chi connectivity index (χ3n) is 2.61. The molecule has 5 nitrogen and oxygen atoms in total. The summed E-state index contributed by atoms with van der Waals surface area (Å²) in [4.78, 5) is 15.9. The zero-order valence-corrected chi connectivity index (χ0v) is 10.3. The van der Waals surface area contributed by atoms with E-state index in [1.54, 1.807) is 13.0 Å². The average Bonchev–Trinajstić information content (AvgIpc) is 2.42. The molecule has 0 bridgehead atoms. The fraction of sp³-hybridized carbons (Fsp3) is 0.0769. The molecule has 0 aliphatic heterocycles. The van der Waals surface area contributed by atoms with Crippen molar-refractivity contribution in [2.75, 3.05) is 10.7 Å². The van der Waals surface area contributed by atoms with E-state index in [0.717, 1.165) is 0 Å². The van der Waals surface area contributed by atoms with E-state index in [1.165, 1.54) is 30.5 Å². The van der Waals surface area contributed by atoms with E-state index in [4.69, 9.17) is 5.84 Å². The van der Waals surface area contributed by atoms with Crippen molar-refractivity contribution in [1.82, 2.24) is 4.98 Å². The molecule has 0 aliphatic carbocycles. The van der Waals surface area contributed by atoms with E-state index >= 15 is 0 Å². The summed E-state index contributed by atoms with van der Waals surface area (Å²) in [5.74, 6) is 4.97. The zero-order chi connectivity index (χ0) is 13.8. The van der Waals surface area contributed by atoms with Gasteiger partial charge in [0.05, 0.1) is 0 Å². The van der Waals surface area contributed by atoms with Gasteiger partial charge in [0.2, 0.25) is 0 Å². The van der Waals surface area contributed by atoms with Gasteiger partial charge in [0.25, 0.3) is 5.91 Å². The first-order valence-corrected chi connectivity index (χ1v) is 5.60. The standard InChI is InChI=1S/C13H13FN4O/c1-8-6-10(14)2-3-11(8)17-13(19)9-4-5-16-12(7-9)18-15/h2-7H,15H2,1H3,(H,16,18)(H,17,19). The second-order valence-corrected chi connectivity index (χ2v) is 3.99. The number of nitrogens with zero attached hydrogens (tertiary/aromatic N) is 1. The van der Waals surface area contributed by atoms with E-state index in [2.05, 4.69) is 15.7 Å². The number of hydrazine groups is 1. The number of hydrogen-bond acceptors (Lipinski definition) is 4. The third kappa shape index (κ3) is 3.05. The largest absolute Gasteiger partial charge is 0.322 e. The lowest BCUT2D eigenvalue weighted by molar-refractivity contribution is 0.102. The van der Waals surface area contributed by atoms with Crippen molar-refractivity contribution in [2.45, 2.75) is 6.92 Å². The lowest BCUT2D eigenvalue weighted by Crippen LogP contribution is -2.15. The maximum atomic E-state index is 13.0. The van der Waals surface area contributed by atoms with Crippen molar-refractivity contribution < 1.29 is 9.18 Å². The van der Waals surface area contributed by atoms with Crippen LogP contribution < -0.4 is 16.6 Å². The van der Waals surface area contributed by atoms with Crippen LogP contribution in [0.1, 0.15) is 15.9 Å². The Morgan fingerprint density at radius 3 is 2.79 bits per heavy atom. The molecule has 0 atom stereocenters. The first kappa shape index (κ1) is 13.0. The quantitative estimate of drug-likeness (QED) is 0.583. The molecule has 1 amide bonds. The van der Waals surface area contributed by atoms with Gasteiger partial charge >= 0.3 is 0 Å². The van der Waals surface area contributed by atoms with Gasteiger partial charge in [-0.05, 0) is 42.8 Å². The normalized spacial score (nSPS) is 10.1. The zero-order valence-electron chi connectivity index (χ0n) is 10.3. The minimum atomic E-state index is -0.339. The number of benzene rings is 1. The van der Waals surface area contributed by atoms with Gasteiger partial charge in [-0.1, -0.05) is 0 Å². The fourth-order valence-corrected chi connectivity index (χ4v) is 1.61. The van der Waals surface area contributed by atoms with Gasteiger partial charge < -0.3 is 10.7 Å². The molecule has 0 fully saturated rings. The summed E-state index contributed by atoms with van der Waals surface area (Å²) in [6, 6.07) is 7.26. The molecule has 98 valence electrons. The molecule has 6 heteroatoms. The van der Waals surface area contributed by atoms with Gasteiger partial charge in [0.1, 0.15) is 11.6 Å². The van der Waals surface area contributed by atoms with Crippen molar-refractivity contribution in [3.05, 3.63) is 53.5 Å². The number of anilines is 2. The number of rotatable bonds is 3. The number of pyridine rings is 1. The molecule has 0 radical (unpaired) electrons. The maximum absolute atomic E-state index is 13.0. The molecule has 4 N–H and O–H groups in total. The first-order chi connectivity index (χ1) is 9.10. The van der Waals surface area contributed by atoms with Gasteiger partial charge in [-0.2, -0.15) is 0 Å². The minimum Gasteiger partial charge on any atom is -0.322 e. The molecule has 1 heterocycles. The van der Waals surface area contributed by atoms with E-state index in [0.29, 0.717) is 22.6 Å². The molecule has 0 saturated carbocycles. The second kappa shape index (κ2) is 5.45. The SMILES string of the molecule is Cc1cc(F)ccc1NC(=O)c1ccnc(NN)c1. The average molecular weight is 260 g/mol. The number of nitrogens with two attached hydrogens (primary N) is 1. The smallest absolute Gasteiger partial charge is 0.255 e. The van der Waals surface area contributed by atoms with E-state index in [-0.39, 0.29) is 11.7 Å². The van der Waals surface area contributed by atoms with Crippen LogP contribution in [0.3, 0.4) is 0 Å². The molecule has 0 spiro atoms. The summed E-state index contributed by atoms with van der Waals surface area (Å²) < 4.78 is 13.0. The molecule has 2 rings (SSSR count). The van der Waals surface area contributed by atoms with Gasteiger partial charge in [0.15, 0.2) is 0 Å². The number of hydrogen-bond donors (Lipinski definition) is 3. The minimum absolute atomic E-state index is 0.311. The van der Waals surface area contributed by atoms with Gasteiger partial charge in [-0.15, -0.1) is 0 Å². The number of aryl methyl sites for hydroxylation is 1. The van der Waals surface area contributed by atoms with E-state index < -0.39 is 0 Å². The lowest BCUT2D eigenvalue weighted by atomic mass is 10.1. The van der Waals surface area contributed by atoms with Crippen molar-refractivity contribution in [3.8, 4) is 0 Å². The number of amides is 1. The molecular weight excluding hydrogens is 247 g/mol. The Bertz CT molecular complexity index is 615. The number of aromatic nitrogens is 1. The Morgan fingerprint density at radius 2 is 2.11 bits per heavy atom. The van der Waals surface area contributed by atoms with Crippen LogP contribution in [0.5, 0.6) is 0 Å². The Hall–Kier alpha value is -2.47. The highest BCUT2D eigenvalue weighted by Gasteiger charge is 2.09. The summed E-state index contributed by atoms with van der Waals surface area (Å²) in [6.45, 7) is 1.72. The van der Waals surface area contributed by atoms with Crippen LogP contribution in [-0.2, 0) is 0 Å². The van der Waals surface area contributed by atoms with Crippen molar-refractivity contribution >= 4 is 17.4 Å². The van der Waals surface area contributed by atoms with Gasteiger partial charge in [-0.25, -0.2) is 15.2 Å². The molecule has 0 aliphatic rings. The topological polar surface area (TPSA) is 80.0 Å².